The van der Waals surface area contributed by atoms with Crippen LogP contribution in [0.1, 0.15) is 49.7 Å². The van der Waals surface area contributed by atoms with Crippen LogP contribution in [0, 0.1) is 0 Å². The van der Waals surface area contributed by atoms with E-state index in [1.807, 2.05) is 0 Å². The summed E-state index contributed by atoms with van der Waals surface area (Å²) in [6, 6.07) is 21.2. The SMILES string of the molecule is Cl.Cl.Cl.Cl.c1ccc(CNCCCNCCCCCCNCCCNCc2ccccc2)cc1. The number of halogens is 4. The highest BCUT2D eigenvalue weighted by molar-refractivity contribution is 5.86. The Kier molecular flexibility index (Phi) is 32.0. The molecule has 2 aromatic rings. The molecule has 4 N–H and O–H groups in total. The average molecular weight is 556 g/mol. The monoisotopic (exact) mass is 554 g/mol. The van der Waals surface area contributed by atoms with Crippen molar-refractivity contribution in [3.8, 4) is 0 Å². The summed E-state index contributed by atoms with van der Waals surface area (Å²) < 4.78 is 0. The van der Waals surface area contributed by atoms with E-state index < -0.39 is 0 Å². The van der Waals surface area contributed by atoms with Gasteiger partial charge in [0.05, 0.1) is 0 Å². The molecule has 0 aromatic heterocycles. The number of unbranched alkanes of at least 4 members (excludes halogenated alkanes) is 3. The van der Waals surface area contributed by atoms with E-state index in [0.29, 0.717) is 0 Å². The van der Waals surface area contributed by atoms with Crippen LogP contribution in [0.5, 0.6) is 0 Å². The fraction of sp³-hybridized carbons (Fsp3) is 0.538. The van der Waals surface area contributed by atoms with E-state index >= 15 is 0 Å². The highest BCUT2D eigenvalue weighted by Gasteiger charge is 1.94. The molecule has 0 amide bonds. The van der Waals surface area contributed by atoms with E-state index in [0.717, 1.165) is 52.4 Å². The number of hydrogen-bond donors (Lipinski definition) is 4. The fourth-order valence-electron chi connectivity index (χ4n) is 3.44. The molecule has 34 heavy (non-hydrogen) atoms. The van der Waals surface area contributed by atoms with Crippen LogP contribution in [-0.4, -0.2) is 39.3 Å². The lowest BCUT2D eigenvalue weighted by Gasteiger charge is -2.08. The minimum absolute atomic E-state index is 0. The zero-order valence-electron chi connectivity index (χ0n) is 20.3. The summed E-state index contributed by atoms with van der Waals surface area (Å²) in [6.45, 7) is 8.63. The first-order chi connectivity index (χ1) is 14.9. The smallest absolute Gasteiger partial charge is 0.0205 e. The van der Waals surface area contributed by atoms with Gasteiger partial charge in [-0.3, -0.25) is 0 Å². The van der Waals surface area contributed by atoms with Crippen molar-refractivity contribution in [1.29, 1.82) is 0 Å². The van der Waals surface area contributed by atoms with E-state index in [4.69, 9.17) is 0 Å². The molecule has 0 heterocycles. The van der Waals surface area contributed by atoms with Gasteiger partial charge in [-0.15, -0.1) is 49.6 Å². The van der Waals surface area contributed by atoms with Gasteiger partial charge >= 0.3 is 0 Å². The van der Waals surface area contributed by atoms with Crippen LogP contribution in [0.2, 0.25) is 0 Å². The fourth-order valence-corrected chi connectivity index (χ4v) is 3.44. The molecule has 0 radical (unpaired) electrons. The maximum Gasteiger partial charge on any atom is 0.0205 e. The van der Waals surface area contributed by atoms with Crippen LogP contribution in [0.25, 0.3) is 0 Å². The Morgan fingerprint density at radius 3 is 1.06 bits per heavy atom. The van der Waals surface area contributed by atoms with Gasteiger partial charge in [0.15, 0.2) is 0 Å². The first kappa shape index (κ1) is 38.0. The summed E-state index contributed by atoms with van der Waals surface area (Å²) in [5.41, 5.74) is 2.72. The lowest BCUT2D eigenvalue weighted by Crippen LogP contribution is -2.23. The lowest BCUT2D eigenvalue weighted by molar-refractivity contribution is 0.540. The number of benzene rings is 2. The van der Waals surface area contributed by atoms with Crippen LogP contribution in [-0.2, 0) is 13.1 Å². The van der Waals surface area contributed by atoms with Crippen molar-refractivity contribution >= 4 is 49.6 Å². The maximum atomic E-state index is 3.56. The Morgan fingerprint density at radius 2 is 0.676 bits per heavy atom. The Bertz CT molecular complexity index is 565. The summed E-state index contributed by atoms with van der Waals surface area (Å²) in [5, 5.41) is 14.1. The van der Waals surface area contributed by atoms with Crippen molar-refractivity contribution in [3.05, 3.63) is 71.8 Å². The molecule has 0 spiro atoms. The van der Waals surface area contributed by atoms with E-state index in [1.54, 1.807) is 0 Å². The molecule has 0 aliphatic heterocycles. The highest BCUT2D eigenvalue weighted by atomic mass is 35.5. The van der Waals surface area contributed by atoms with Gasteiger partial charge in [0, 0.05) is 13.1 Å². The van der Waals surface area contributed by atoms with Crippen LogP contribution in [0.3, 0.4) is 0 Å². The minimum atomic E-state index is 0. The Hall–Kier alpha value is -0.560. The average Bonchev–Trinajstić information content (AvgIpc) is 2.79. The van der Waals surface area contributed by atoms with E-state index in [1.165, 1.54) is 49.7 Å². The molecule has 0 aliphatic carbocycles. The summed E-state index contributed by atoms with van der Waals surface area (Å²) >= 11 is 0. The highest BCUT2D eigenvalue weighted by Crippen LogP contribution is 1.99. The summed E-state index contributed by atoms with van der Waals surface area (Å²) in [4.78, 5) is 0. The minimum Gasteiger partial charge on any atom is -0.317 e. The van der Waals surface area contributed by atoms with Gasteiger partial charge in [0.1, 0.15) is 0 Å². The molecular formula is C26H46Cl4N4. The van der Waals surface area contributed by atoms with E-state index in [9.17, 15) is 0 Å². The maximum absolute atomic E-state index is 3.56. The molecular weight excluding hydrogens is 510 g/mol. The second kappa shape index (κ2) is 28.7. The van der Waals surface area contributed by atoms with E-state index in [2.05, 4.69) is 81.9 Å². The van der Waals surface area contributed by atoms with Crippen LogP contribution < -0.4 is 21.3 Å². The quantitative estimate of drug-likeness (QED) is 0.166. The molecule has 0 aliphatic rings. The van der Waals surface area contributed by atoms with Gasteiger partial charge in [0.25, 0.3) is 0 Å². The predicted octanol–water partition coefficient (Wildman–Crippen LogP) is 5.77. The third-order valence-corrected chi connectivity index (χ3v) is 5.22. The zero-order chi connectivity index (χ0) is 21.0. The molecule has 2 aromatic carbocycles. The summed E-state index contributed by atoms with van der Waals surface area (Å²) in [7, 11) is 0. The van der Waals surface area contributed by atoms with Gasteiger partial charge in [-0.2, -0.15) is 0 Å². The van der Waals surface area contributed by atoms with Crippen molar-refractivity contribution in [2.45, 2.75) is 51.6 Å². The Morgan fingerprint density at radius 1 is 0.353 bits per heavy atom. The molecule has 0 fully saturated rings. The number of hydrogen-bond acceptors (Lipinski definition) is 4. The zero-order valence-corrected chi connectivity index (χ0v) is 23.6. The van der Waals surface area contributed by atoms with Gasteiger partial charge in [-0.1, -0.05) is 73.5 Å². The Labute approximate surface area is 232 Å². The van der Waals surface area contributed by atoms with Crippen LogP contribution >= 0.6 is 49.6 Å². The van der Waals surface area contributed by atoms with Gasteiger partial charge in [0.2, 0.25) is 0 Å². The first-order valence-electron chi connectivity index (χ1n) is 11.9. The topological polar surface area (TPSA) is 48.1 Å². The van der Waals surface area contributed by atoms with Gasteiger partial charge in [-0.05, 0) is 76.1 Å². The van der Waals surface area contributed by atoms with Crippen molar-refractivity contribution in [1.82, 2.24) is 21.3 Å². The van der Waals surface area contributed by atoms with Crippen molar-refractivity contribution in [2.75, 3.05) is 39.3 Å². The number of nitrogens with one attached hydrogen (secondary N) is 4. The molecule has 2 rings (SSSR count). The van der Waals surface area contributed by atoms with Crippen molar-refractivity contribution in [2.24, 2.45) is 0 Å². The molecule has 8 heteroatoms. The second-order valence-corrected chi connectivity index (χ2v) is 7.95. The van der Waals surface area contributed by atoms with Gasteiger partial charge < -0.3 is 21.3 Å². The molecule has 198 valence electrons. The largest absolute Gasteiger partial charge is 0.317 e. The standard InChI is InChI=1S/C26H42N4.4ClH/c1(9-17-27-19-11-21-29-23-25-13-5-3-6-14-25)2-10-18-28-20-12-22-30-24-26-15-7-4-8-16-26;;;;/h3-8,13-16,27-30H,1-2,9-12,17-24H2;4*1H. The molecule has 0 saturated carbocycles. The molecule has 0 saturated heterocycles. The Balaban J connectivity index is -0.00000240. The third-order valence-electron chi connectivity index (χ3n) is 5.22. The van der Waals surface area contributed by atoms with Crippen LogP contribution in [0.4, 0.5) is 0 Å². The second-order valence-electron chi connectivity index (χ2n) is 7.95. The summed E-state index contributed by atoms with van der Waals surface area (Å²) in [6.07, 6.45) is 7.63. The van der Waals surface area contributed by atoms with E-state index in [-0.39, 0.29) is 49.6 Å². The first-order valence-corrected chi connectivity index (χ1v) is 11.9. The summed E-state index contributed by atoms with van der Waals surface area (Å²) in [5.74, 6) is 0. The third kappa shape index (κ3) is 21.9. The predicted molar refractivity (Wildman–Crippen MR) is 159 cm³/mol. The van der Waals surface area contributed by atoms with Crippen LogP contribution in [0.15, 0.2) is 60.7 Å². The van der Waals surface area contributed by atoms with Crippen molar-refractivity contribution in [3.63, 3.8) is 0 Å². The molecule has 4 nitrogen and oxygen atoms in total. The normalized spacial score (nSPS) is 9.76. The van der Waals surface area contributed by atoms with Crippen molar-refractivity contribution < 1.29 is 0 Å². The lowest BCUT2D eigenvalue weighted by atomic mass is 10.2. The molecule has 0 atom stereocenters. The number of rotatable bonds is 19. The van der Waals surface area contributed by atoms with Gasteiger partial charge in [-0.25, -0.2) is 0 Å². The molecule has 0 unspecified atom stereocenters. The molecule has 0 bridgehead atoms.